The first-order valence-corrected chi connectivity index (χ1v) is 7.04. The summed E-state index contributed by atoms with van der Waals surface area (Å²) < 4.78 is 18.5. The lowest BCUT2D eigenvalue weighted by Gasteiger charge is -1.97. The van der Waals surface area contributed by atoms with Crippen LogP contribution in [0, 0.1) is 5.82 Å². The van der Waals surface area contributed by atoms with Crippen LogP contribution >= 0.6 is 11.8 Å². The Morgan fingerprint density at radius 1 is 1.05 bits per heavy atom. The van der Waals surface area contributed by atoms with Gasteiger partial charge >= 0.3 is 0 Å². The summed E-state index contributed by atoms with van der Waals surface area (Å²) >= 11 is 1.48. The minimum absolute atomic E-state index is 0.266. The van der Waals surface area contributed by atoms with Gasteiger partial charge in [-0.05, 0) is 36.4 Å². The highest BCUT2D eigenvalue weighted by atomic mass is 32.2. The molecule has 0 saturated heterocycles. The van der Waals surface area contributed by atoms with Crippen molar-refractivity contribution in [2.75, 3.05) is 0 Å². The molecule has 20 heavy (non-hydrogen) atoms. The molecule has 0 saturated carbocycles. The second-order valence-corrected chi connectivity index (χ2v) is 5.03. The number of hydrogen-bond donors (Lipinski definition) is 0. The molecule has 0 radical (unpaired) electrons. The van der Waals surface area contributed by atoms with Gasteiger partial charge < -0.3 is 4.42 Å². The Morgan fingerprint density at radius 3 is 2.65 bits per heavy atom. The zero-order valence-electron chi connectivity index (χ0n) is 10.5. The Labute approximate surface area is 119 Å². The van der Waals surface area contributed by atoms with Crippen LogP contribution in [0.2, 0.25) is 0 Å². The lowest BCUT2D eigenvalue weighted by Crippen LogP contribution is -1.83. The number of aromatic nitrogens is 2. The summed E-state index contributed by atoms with van der Waals surface area (Å²) in [5.74, 6) is 1.07. The average molecular weight is 286 g/mol. The smallest absolute Gasteiger partial charge is 0.256 e. The van der Waals surface area contributed by atoms with E-state index in [9.17, 15) is 4.39 Å². The van der Waals surface area contributed by atoms with E-state index in [1.165, 1.54) is 23.9 Å². The Kier molecular flexibility index (Phi) is 3.78. The van der Waals surface area contributed by atoms with Gasteiger partial charge in [-0.3, -0.25) is 4.98 Å². The van der Waals surface area contributed by atoms with Gasteiger partial charge in [-0.25, -0.2) is 9.37 Å². The summed E-state index contributed by atoms with van der Waals surface area (Å²) in [6.07, 6.45) is 3.41. The van der Waals surface area contributed by atoms with Crippen molar-refractivity contribution in [1.82, 2.24) is 9.97 Å². The van der Waals surface area contributed by atoms with Crippen molar-refractivity contribution in [2.45, 2.75) is 11.0 Å². The fourth-order valence-electron chi connectivity index (χ4n) is 1.69. The first-order valence-electron chi connectivity index (χ1n) is 6.06. The van der Waals surface area contributed by atoms with Crippen LogP contribution < -0.4 is 0 Å². The Morgan fingerprint density at radius 2 is 1.90 bits per heavy atom. The van der Waals surface area contributed by atoms with Crippen molar-refractivity contribution in [3.05, 3.63) is 66.4 Å². The van der Waals surface area contributed by atoms with Crippen molar-refractivity contribution in [1.29, 1.82) is 0 Å². The molecule has 0 spiro atoms. The number of thioether (sulfide) groups is 1. The first kappa shape index (κ1) is 12.9. The standard InChI is InChI=1S/C15H11FN2OS/c16-12-6-4-11(5-7-12)14-9-18-15(19-14)20-10-13-3-1-2-8-17-13/h1-9H,10H2. The van der Waals surface area contributed by atoms with Gasteiger partial charge in [0.2, 0.25) is 0 Å². The molecule has 0 unspecified atom stereocenters. The molecule has 3 aromatic rings. The van der Waals surface area contributed by atoms with E-state index in [1.54, 1.807) is 24.5 Å². The molecule has 3 rings (SSSR count). The minimum atomic E-state index is -0.266. The van der Waals surface area contributed by atoms with Crippen LogP contribution in [0.3, 0.4) is 0 Å². The van der Waals surface area contributed by atoms with E-state index in [-0.39, 0.29) is 5.82 Å². The molecule has 1 aromatic carbocycles. The van der Waals surface area contributed by atoms with Gasteiger partial charge in [-0.2, -0.15) is 0 Å². The SMILES string of the molecule is Fc1ccc(-c2cnc(SCc3ccccn3)o2)cc1. The maximum absolute atomic E-state index is 12.9. The predicted molar refractivity (Wildman–Crippen MR) is 75.7 cm³/mol. The first-order chi connectivity index (χ1) is 9.81. The number of oxazole rings is 1. The van der Waals surface area contributed by atoms with E-state index >= 15 is 0 Å². The largest absolute Gasteiger partial charge is 0.431 e. The zero-order chi connectivity index (χ0) is 13.8. The predicted octanol–water partition coefficient (Wildman–Crippen LogP) is 4.17. The molecular formula is C15H11FN2OS. The molecular weight excluding hydrogens is 275 g/mol. The van der Waals surface area contributed by atoms with E-state index in [2.05, 4.69) is 9.97 Å². The minimum Gasteiger partial charge on any atom is -0.431 e. The summed E-state index contributed by atoms with van der Waals surface area (Å²) in [5.41, 5.74) is 1.78. The van der Waals surface area contributed by atoms with E-state index in [4.69, 9.17) is 4.42 Å². The van der Waals surface area contributed by atoms with Crippen molar-refractivity contribution in [3.8, 4) is 11.3 Å². The number of pyridine rings is 1. The molecule has 0 aliphatic rings. The van der Waals surface area contributed by atoms with E-state index in [0.717, 1.165) is 11.3 Å². The Balaban J connectivity index is 1.69. The molecule has 0 bridgehead atoms. The topological polar surface area (TPSA) is 38.9 Å². The van der Waals surface area contributed by atoms with Crippen LogP contribution in [0.25, 0.3) is 11.3 Å². The molecule has 3 nitrogen and oxygen atoms in total. The fraction of sp³-hybridized carbons (Fsp3) is 0.0667. The maximum atomic E-state index is 12.9. The summed E-state index contributed by atoms with van der Waals surface area (Å²) in [5, 5.41) is 0.579. The number of hydrogen-bond acceptors (Lipinski definition) is 4. The fourth-order valence-corrected chi connectivity index (χ4v) is 2.41. The molecule has 0 aliphatic heterocycles. The summed E-state index contributed by atoms with van der Waals surface area (Å²) in [7, 11) is 0. The summed E-state index contributed by atoms with van der Waals surface area (Å²) in [4.78, 5) is 8.44. The van der Waals surface area contributed by atoms with Crippen molar-refractivity contribution in [3.63, 3.8) is 0 Å². The lowest BCUT2D eigenvalue weighted by molar-refractivity contribution is 0.466. The highest BCUT2D eigenvalue weighted by Crippen LogP contribution is 2.27. The summed E-state index contributed by atoms with van der Waals surface area (Å²) in [6, 6.07) is 11.9. The number of benzene rings is 1. The van der Waals surface area contributed by atoms with Gasteiger partial charge in [0, 0.05) is 17.5 Å². The molecule has 100 valence electrons. The highest BCUT2D eigenvalue weighted by molar-refractivity contribution is 7.98. The van der Waals surface area contributed by atoms with Gasteiger partial charge in [0.15, 0.2) is 5.76 Å². The summed E-state index contributed by atoms with van der Waals surface area (Å²) in [6.45, 7) is 0. The van der Waals surface area contributed by atoms with Crippen molar-refractivity contribution < 1.29 is 8.81 Å². The van der Waals surface area contributed by atoms with Gasteiger partial charge in [0.25, 0.3) is 5.22 Å². The molecule has 0 fully saturated rings. The molecule has 2 aromatic heterocycles. The second kappa shape index (κ2) is 5.88. The molecule has 0 atom stereocenters. The molecule has 0 N–H and O–H groups in total. The maximum Gasteiger partial charge on any atom is 0.256 e. The van der Waals surface area contributed by atoms with Crippen LogP contribution in [0.1, 0.15) is 5.69 Å². The van der Waals surface area contributed by atoms with Crippen molar-refractivity contribution >= 4 is 11.8 Å². The lowest BCUT2D eigenvalue weighted by atomic mass is 10.2. The molecule has 0 aliphatic carbocycles. The zero-order valence-corrected chi connectivity index (χ0v) is 11.3. The van der Waals surface area contributed by atoms with E-state index in [1.807, 2.05) is 18.2 Å². The Bertz CT molecular complexity index is 683. The van der Waals surface area contributed by atoms with Gasteiger partial charge in [-0.15, -0.1) is 0 Å². The van der Waals surface area contributed by atoms with Crippen LogP contribution in [-0.4, -0.2) is 9.97 Å². The van der Waals surface area contributed by atoms with Crippen molar-refractivity contribution in [2.24, 2.45) is 0 Å². The monoisotopic (exact) mass is 286 g/mol. The van der Waals surface area contributed by atoms with Crippen LogP contribution in [0.15, 0.2) is 64.5 Å². The van der Waals surface area contributed by atoms with Crippen LogP contribution in [0.4, 0.5) is 4.39 Å². The van der Waals surface area contributed by atoms with E-state index < -0.39 is 0 Å². The Hall–Kier alpha value is -2.14. The molecule has 2 heterocycles. The van der Waals surface area contributed by atoms with Gasteiger partial charge in [0.1, 0.15) is 5.82 Å². The third kappa shape index (κ3) is 3.05. The van der Waals surface area contributed by atoms with E-state index in [0.29, 0.717) is 16.7 Å². The normalized spacial score (nSPS) is 10.7. The third-order valence-corrected chi connectivity index (χ3v) is 3.56. The number of nitrogens with zero attached hydrogens (tertiary/aromatic N) is 2. The second-order valence-electron chi connectivity index (χ2n) is 4.11. The van der Waals surface area contributed by atoms with Gasteiger partial charge in [0.05, 0.1) is 11.9 Å². The quantitative estimate of drug-likeness (QED) is 0.675. The third-order valence-electron chi connectivity index (χ3n) is 2.68. The average Bonchev–Trinajstić information content (AvgIpc) is 2.96. The molecule has 0 amide bonds. The number of rotatable bonds is 4. The van der Waals surface area contributed by atoms with Gasteiger partial charge in [-0.1, -0.05) is 17.8 Å². The van der Waals surface area contributed by atoms with Crippen LogP contribution in [-0.2, 0) is 5.75 Å². The molecule has 5 heteroatoms. The highest BCUT2D eigenvalue weighted by Gasteiger charge is 2.07. The number of halogens is 1. The van der Waals surface area contributed by atoms with Crippen LogP contribution in [0.5, 0.6) is 0 Å².